The van der Waals surface area contributed by atoms with Crippen LogP contribution >= 0.6 is 0 Å². The van der Waals surface area contributed by atoms with Crippen LogP contribution in [0.5, 0.6) is 0 Å². The Morgan fingerprint density at radius 1 is 0.969 bits per heavy atom. The van der Waals surface area contributed by atoms with E-state index in [1.54, 1.807) is 19.1 Å². The molecule has 0 radical (unpaired) electrons. The van der Waals surface area contributed by atoms with Crippen LogP contribution in [0.15, 0.2) is 84.9 Å². The molecular formula is C26H28N2O4. The van der Waals surface area contributed by atoms with Gasteiger partial charge in [-0.25, -0.2) is 0 Å². The smallest absolute Gasteiger partial charge is 0.307 e. The molecule has 2 atom stereocenters. The fourth-order valence-electron chi connectivity index (χ4n) is 3.88. The topological polar surface area (TPSA) is 72.7 Å². The first-order chi connectivity index (χ1) is 15.5. The second-order valence-electron chi connectivity index (χ2n) is 7.62. The lowest BCUT2D eigenvalue weighted by atomic mass is 9.96. The minimum absolute atomic E-state index is 0.00313. The van der Waals surface area contributed by atoms with Crippen molar-refractivity contribution in [3.8, 4) is 0 Å². The molecule has 6 heteroatoms. The highest BCUT2D eigenvalue weighted by Gasteiger charge is 2.29. The average Bonchev–Trinajstić information content (AvgIpc) is 2.82. The highest BCUT2D eigenvalue weighted by atomic mass is 16.6. The lowest BCUT2D eigenvalue weighted by molar-refractivity contribution is -0.385. The van der Waals surface area contributed by atoms with Gasteiger partial charge in [0.2, 0.25) is 0 Å². The van der Waals surface area contributed by atoms with Gasteiger partial charge >= 0.3 is 5.97 Å². The molecule has 166 valence electrons. The van der Waals surface area contributed by atoms with Gasteiger partial charge in [-0.15, -0.1) is 0 Å². The Balaban J connectivity index is 2.07. The minimum Gasteiger partial charge on any atom is -0.466 e. The maximum absolute atomic E-state index is 12.6. The Morgan fingerprint density at radius 3 is 2.22 bits per heavy atom. The average molecular weight is 433 g/mol. The lowest BCUT2D eigenvalue weighted by Gasteiger charge is -2.37. The molecule has 32 heavy (non-hydrogen) atoms. The third kappa shape index (κ3) is 6.02. The lowest BCUT2D eigenvalue weighted by Crippen LogP contribution is -2.33. The number of esters is 1. The first-order valence-corrected chi connectivity index (χ1v) is 10.7. The summed E-state index contributed by atoms with van der Waals surface area (Å²) in [5, 5.41) is 11.4. The van der Waals surface area contributed by atoms with Crippen molar-refractivity contribution in [2.75, 3.05) is 6.61 Å². The first-order valence-electron chi connectivity index (χ1n) is 10.7. The highest BCUT2D eigenvalue weighted by molar-refractivity contribution is 5.70. The van der Waals surface area contributed by atoms with Gasteiger partial charge in [0.1, 0.15) is 0 Å². The molecule has 0 N–H and O–H groups in total. The van der Waals surface area contributed by atoms with Crippen LogP contribution in [0.4, 0.5) is 5.69 Å². The van der Waals surface area contributed by atoms with Gasteiger partial charge in [-0.2, -0.15) is 0 Å². The molecule has 0 saturated carbocycles. The summed E-state index contributed by atoms with van der Waals surface area (Å²) in [6.45, 7) is 4.72. The van der Waals surface area contributed by atoms with Crippen molar-refractivity contribution in [2.45, 2.75) is 38.9 Å². The van der Waals surface area contributed by atoms with Crippen LogP contribution < -0.4 is 0 Å². The number of carbonyl (C=O) groups is 1. The Bertz CT molecular complexity index is 1020. The number of non-ortho nitro benzene ring substituents is 1. The van der Waals surface area contributed by atoms with Crippen LogP contribution in [0.2, 0.25) is 0 Å². The van der Waals surface area contributed by atoms with Crippen LogP contribution in [0, 0.1) is 10.1 Å². The monoisotopic (exact) mass is 432 g/mol. The molecule has 0 heterocycles. The van der Waals surface area contributed by atoms with Gasteiger partial charge < -0.3 is 4.74 Å². The number of nitro groups is 1. The van der Waals surface area contributed by atoms with Crippen molar-refractivity contribution >= 4 is 11.7 Å². The second-order valence-corrected chi connectivity index (χ2v) is 7.62. The van der Waals surface area contributed by atoms with E-state index in [0.717, 1.165) is 11.1 Å². The van der Waals surface area contributed by atoms with Gasteiger partial charge in [0.15, 0.2) is 0 Å². The number of hydrogen-bond donors (Lipinski definition) is 0. The third-order valence-corrected chi connectivity index (χ3v) is 5.52. The Labute approximate surface area is 188 Å². The Morgan fingerprint density at radius 2 is 1.59 bits per heavy atom. The van der Waals surface area contributed by atoms with Crippen molar-refractivity contribution in [3.63, 3.8) is 0 Å². The van der Waals surface area contributed by atoms with Crippen LogP contribution in [0.25, 0.3) is 0 Å². The summed E-state index contributed by atoms with van der Waals surface area (Å²) in [5.41, 5.74) is 2.91. The molecule has 0 aliphatic carbocycles. The van der Waals surface area contributed by atoms with Crippen LogP contribution in [-0.4, -0.2) is 22.4 Å². The van der Waals surface area contributed by atoms with E-state index < -0.39 is 11.0 Å². The van der Waals surface area contributed by atoms with E-state index in [4.69, 9.17) is 4.74 Å². The van der Waals surface area contributed by atoms with Crippen molar-refractivity contribution in [2.24, 2.45) is 0 Å². The van der Waals surface area contributed by atoms with Crippen molar-refractivity contribution < 1.29 is 14.5 Å². The number of carbonyl (C=O) groups excluding carboxylic acids is 1. The molecule has 0 aliphatic heterocycles. The van der Waals surface area contributed by atoms with Crippen LogP contribution in [0.3, 0.4) is 0 Å². The summed E-state index contributed by atoms with van der Waals surface area (Å²) in [5.74, 6) is -0.331. The number of rotatable bonds is 10. The van der Waals surface area contributed by atoms with E-state index >= 15 is 0 Å². The third-order valence-electron chi connectivity index (χ3n) is 5.52. The molecule has 3 aromatic carbocycles. The molecule has 0 aromatic heterocycles. The first kappa shape index (κ1) is 23.2. The standard InChI is InChI=1S/C26H28N2O4/c1-3-32-26(29)18-25(23-15-10-16-24(17-23)28(30)31)27(19-21-11-6-4-7-12-21)20(2)22-13-8-5-9-14-22/h4-17,20,25H,3,18-19H2,1-2H3. The molecule has 0 bridgehead atoms. The largest absolute Gasteiger partial charge is 0.466 e. The van der Waals surface area contributed by atoms with Crippen LogP contribution in [-0.2, 0) is 16.1 Å². The van der Waals surface area contributed by atoms with Gasteiger partial charge in [-0.05, 0) is 30.5 Å². The van der Waals surface area contributed by atoms with Gasteiger partial charge in [0.05, 0.1) is 18.0 Å². The molecule has 0 spiro atoms. The fraction of sp³-hybridized carbons (Fsp3) is 0.269. The molecule has 0 fully saturated rings. The summed E-state index contributed by atoms with van der Waals surface area (Å²) in [6.07, 6.45) is 0.0962. The molecule has 0 amide bonds. The zero-order valence-electron chi connectivity index (χ0n) is 18.4. The van der Waals surface area contributed by atoms with Gasteiger partial charge in [-0.3, -0.25) is 19.8 Å². The molecular weight excluding hydrogens is 404 g/mol. The van der Waals surface area contributed by atoms with Gasteiger partial charge in [-0.1, -0.05) is 72.8 Å². The molecule has 2 unspecified atom stereocenters. The van der Waals surface area contributed by atoms with E-state index in [1.807, 2.05) is 54.6 Å². The molecule has 3 rings (SSSR count). The van der Waals surface area contributed by atoms with Gasteiger partial charge in [0.25, 0.3) is 5.69 Å². The van der Waals surface area contributed by atoms with Crippen molar-refractivity contribution in [1.82, 2.24) is 4.90 Å². The van der Waals surface area contributed by atoms with Crippen LogP contribution in [0.1, 0.15) is 49.0 Å². The summed E-state index contributed by atoms with van der Waals surface area (Å²) >= 11 is 0. The summed E-state index contributed by atoms with van der Waals surface area (Å²) in [7, 11) is 0. The predicted molar refractivity (Wildman–Crippen MR) is 124 cm³/mol. The zero-order chi connectivity index (χ0) is 22.9. The van der Waals surface area contributed by atoms with E-state index in [1.165, 1.54) is 6.07 Å². The number of hydrogen-bond acceptors (Lipinski definition) is 5. The summed E-state index contributed by atoms with van der Waals surface area (Å²) in [4.78, 5) is 25.8. The molecule has 6 nitrogen and oxygen atoms in total. The fourth-order valence-corrected chi connectivity index (χ4v) is 3.88. The maximum atomic E-state index is 12.6. The minimum atomic E-state index is -0.410. The number of ether oxygens (including phenoxy) is 1. The second kappa shape index (κ2) is 11.2. The normalized spacial score (nSPS) is 12.8. The predicted octanol–water partition coefficient (Wildman–Crippen LogP) is 5.85. The quantitative estimate of drug-likeness (QED) is 0.228. The summed E-state index contributed by atoms with van der Waals surface area (Å²) in [6, 6.07) is 26.1. The SMILES string of the molecule is CCOC(=O)CC(c1cccc([N+](=O)[O-])c1)N(Cc1ccccc1)C(C)c1ccccc1. The number of nitrogens with zero attached hydrogens (tertiary/aromatic N) is 2. The molecule has 0 saturated heterocycles. The van der Waals surface area contributed by atoms with E-state index in [-0.39, 0.29) is 30.7 Å². The van der Waals surface area contributed by atoms with Crippen molar-refractivity contribution in [1.29, 1.82) is 0 Å². The summed E-state index contributed by atoms with van der Waals surface area (Å²) < 4.78 is 5.26. The zero-order valence-corrected chi connectivity index (χ0v) is 18.4. The van der Waals surface area contributed by atoms with Gasteiger partial charge in [0, 0.05) is 30.8 Å². The number of benzene rings is 3. The van der Waals surface area contributed by atoms with E-state index in [9.17, 15) is 14.9 Å². The van der Waals surface area contributed by atoms with E-state index in [0.29, 0.717) is 12.1 Å². The Kier molecular flexibility index (Phi) is 8.11. The molecule has 0 aliphatic rings. The maximum Gasteiger partial charge on any atom is 0.307 e. The highest BCUT2D eigenvalue weighted by Crippen LogP contribution is 2.36. The van der Waals surface area contributed by atoms with Crippen molar-refractivity contribution in [3.05, 3.63) is 112 Å². The Hall–Kier alpha value is -3.51. The van der Waals surface area contributed by atoms with E-state index in [2.05, 4.69) is 24.0 Å². The molecule has 3 aromatic rings. The number of nitro benzene ring substituents is 1.